The van der Waals surface area contributed by atoms with E-state index in [1.54, 1.807) is 19.2 Å². The van der Waals surface area contributed by atoms with Crippen LogP contribution in [0.1, 0.15) is 18.4 Å². The van der Waals surface area contributed by atoms with Crippen LogP contribution in [0.25, 0.3) is 0 Å². The van der Waals surface area contributed by atoms with Gasteiger partial charge < -0.3 is 10.1 Å². The second kappa shape index (κ2) is 8.10. The molecule has 21 heavy (non-hydrogen) atoms. The van der Waals surface area contributed by atoms with Crippen molar-refractivity contribution in [1.29, 1.82) is 0 Å². The van der Waals surface area contributed by atoms with E-state index in [-0.39, 0.29) is 17.8 Å². The van der Waals surface area contributed by atoms with Gasteiger partial charge in [-0.15, -0.1) is 0 Å². The Morgan fingerprint density at radius 3 is 2.90 bits per heavy atom. The minimum Gasteiger partial charge on any atom is -0.383 e. The standard InChI is InChI=1S/C16H23FN2O2/c1-21-11-10-19-9-8-15(12-19)18-16(20)7-4-13-2-5-14(17)6-3-13/h2-3,5-6,15H,4,7-12H2,1H3,(H,18,20)/t15-/m1/s1. The van der Waals surface area contributed by atoms with E-state index in [1.165, 1.54) is 12.1 Å². The number of amides is 1. The monoisotopic (exact) mass is 294 g/mol. The molecule has 0 saturated carbocycles. The molecule has 1 aromatic carbocycles. The van der Waals surface area contributed by atoms with E-state index >= 15 is 0 Å². The van der Waals surface area contributed by atoms with Crippen molar-refractivity contribution in [1.82, 2.24) is 10.2 Å². The number of benzene rings is 1. The van der Waals surface area contributed by atoms with Gasteiger partial charge in [-0.25, -0.2) is 4.39 Å². The number of hydrogen-bond donors (Lipinski definition) is 1. The third-order valence-corrected chi connectivity index (χ3v) is 3.80. The summed E-state index contributed by atoms with van der Waals surface area (Å²) in [5.41, 5.74) is 0.986. The zero-order valence-corrected chi connectivity index (χ0v) is 12.5. The van der Waals surface area contributed by atoms with Gasteiger partial charge in [-0.05, 0) is 30.5 Å². The molecule has 0 unspecified atom stereocenters. The normalized spacial score (nSPS) is 18.9. The van der Waals surface area contributed by atoms with Crippen LogP contribution in [-0.2, 0) is 16.0 Å². The lowest BCUT2D eigenvalue weighted by Gasteiger charge is -2.16. The van der Waals surface area contributed by atoms with Gasteiger partial charge in [0.2, 0.25) is 5.91 Å². The Hall–Kier alpha value is -1.46. The van der Waals surface area contributed by atoms with Crippen molar-refractivity contribution in [3.63, 3.8) is 0 Å². The number of hydrogen-bond acceptors (Lipinski definition) is 3. The first kappa shape index (κ1) is 15.9. The molecule has 1 heterocycles. The third kappa shape index (κ3) is 5.44. The smallest absolute Gasteiger partial charge is 0.220 e. The molecule has 0 radical (unpaired) electrons. The molecule has 0 aromatic heterocycles. The highest BCUT2D eigenvalue weighted by molar-refractivity contribution is 5.76. The highest BCUT2D eigenvalue weighted by atomic mass is 19.1. The second-order valence-corrected chi connectivity index (χ2v) is 5.47. The van der Waals surface area contributed by atoms with Crippen LogP contribution in [0.5, 0.6) is 0 Å². The first-order chi connectivity index (χ1) is 10.2. The van der Waals surface area contributed by atoms with Gasteiger partial charge in [-0.3, -0.25) is 9.69 Å². The average molecular weight is 294 g/mol. The quantitative estimate of drug-likeness (QED) is 0.830. The summed E-state index contributed by atoms with van der Waals surface area (Å²) in [6, 6.07) is 6.55. The van der Waals surface area contributed by atoms with E-state index < -0.39 is 0 Å². The Labute approximate surface area is 125 Å². The lowest BCUT2D eigenvalue weighted by Crippen LogP contribution is -2.37. The van der Waals surface area contributed by atoms with Crippen LogP contribution in [0.15, 0.2) is 24.3 Å². The maximum atomic E-state index is 12.8. The summed E-state index contributed by atoms with van der Waals surface area (Å²) in [6.45, 7) is 3.54. The predicted octanol–water partition coefficient (Wildman–Crippen LogP) is 1.60. The number of likely N-dealkylation sites (tertiary alicyclic amines) is 1. The molecular formula is C16H23FN2O2. The van der Waals surface area contributed by atoms with Gasteiger partial charge in [0.15, 0.2) is 0 Å². The summed E-state index contributed by atoms with van der Waals surface area (Å²) >= 11 is 0. The molecule has 5 heteroatoms. The van der Waals surface area contributed by atoms with Crippen molar-refractivity contribution in [2.24, 2.45) is 0 Å². The molecule has 1 fully saturated rings. The van der Waals surface area contributed by atoms with Crippen LogP contribution < -0.4 is 5.32 Å². The number of aryl methyl sites for hydroxylation is 1. The Morgan fingerprint density at radius 2 is 2.19 bits per heavy atom. The summed E-state index contributed by atoms with van der Waals surface area (Å²) in [4.78, 5) is 14.2. The SMILES string of the molecule is COCCN1CC[C@@H](NC(=O)CCc2ccc(F)cc2)C1. The van der Waals surface area contributed by atoms with Crippen molar-refractivity contribution in [2.75, 3.05) is 33.4 Å². The number of halogens is 1. The van der Waals surface area contributed by atoms with E-state index in [4.69, 9.17) is 4.74 Å². The van der Waals surface area contributed by atoms with E-state index in [2.05, 4.69) is 10.2 Å². The van der Waals surface area contributed by atoms with Gasteiger partial charge in [-0.1, -0.05) is 12.1 Å². The third-order valence-electron chi connectivity index (χ3n) is 3.80. The summed E-state index contributed by atoms with van der Waals surface area (Å²) in [5, 5.41) is 3.07. The Kier molecular flexibility index (Phi) is 6.14. The molecule has 1 aliphatic heterocycles. The van der Waals surface area contributed by atoms with Gasteiger partial charge in [0.05, 0.1) is 6.61 Å². The van der Waals surface area contributed by atoms with E-state index in [0.29, 0.717) is 12.8 Å². The Bertz CT molecular complexity index is 450. The molecule has 1 amide bonds. The minimum absolute atomic E-state index is 0.0675. The molecule has 1 saturated heterocycles. The van der Waals surface area contributed by atoms with Crippen LogP contribution in [0, 0.1) is 5.82 Å². The highest BCUT2D eigenvalue weighted by Crippen LogP contribution is 2.10. The van der Waals surface area contributed by atoms with Gasteiger partial charge in [0, 0.05) is 39.2 Å². The molecule has 0 bridgehead atoms. The van der Waals surface area contributed by atoms with Crippen molar-refractivity contribution < 1.29 is 13.9 Å². The van der Waals surface area contributed by atoms with E-state index in [1.807, 2.05) is 0 Å². The first-order valence-electron chi connectivity index (χ1n) is 7.42. The highest BCUT2D eigenvalue weighted by Gasteiger charge is 2.23. The summed E-state index contributed by atoms with van der Waals surface area (Å²) < 4.78 is 17.8. The maximum Gasteiger partial charge on any atom is 0.220 e. The number of carbonyl (C=O) groups excluding carboxylic acids is 1. The second-order valence-electron chi connectivity index (χ2n) is 5.47. The molecule has 2 rings (SSSR count). The summed E-state index contributed by atoms with van der Waals surface area (Å²) in [5.74, 6) is -0.178. The van der Waals surface area contributed by atoms with Gasteiger partial charge in [-0.2, -0.15) is 0 Å². The topological polar surface area (TPSA) is 41.6 Å². The van der Waals surface area contributed by atoms with Gasteiger partial charge in [0.1, 0.15) is 5.82 Å². The molecule has 1 aromatic rings. The van der Waals surface area contributed by atoms with E-state index in [9.17, 15) is 9.18 Å². The Balaban J connectivity index is 1.67. The molecule has 1 N–H and O–H groups in total. The number of rotatable bonds is 7. The fourth-order valence-electron chi connectivity index (χ4n) is 2.58. The molecule has 116 valence electrons. The van der Waals surface area contributed by atoms with Crippen LogP contribution in [0.4, 0.5) is 4.39 Å². The average Bonchev–Trinajstić information content (AvgIpc) is 2.92. The lowest BCUT2D eigenvalue weighted by molar-refractivity contribution is -0.121. The van der Waals surface area contributed by atoms with Gasteiger partial charge in [0.25, 0.3) is 0 Å². The summed E-state index contributed by atoms with van der Waals surface area (Å²) in [6.07, 6.45) is 2.08. The molecule has 1 aliphatic rings. The predicted molar refractivity (Wildman–Crippen MR) is 79.6 cm³/mol. The maximum absolute atomic E-state index is 12.8. The number of nitrogens with one attached hydrogen (secondary N) is 1. The fourth-order valence-corrected chi connectivity index (χ4v) is 2.58. The molecular weight excluding hydrogens is 271 g/mol. The zero-order valence-electron chi connectivity index (χ0n) is 12.5. The van der Waals surface area contributed by atoms with Crippen molar-refractivity contribution in [2.45, 2.75) is 25.3 Å². The van der Waals surface area contributed by atoms with Gasteiger partial charge >= 0.3 is 0 Å². The van der Waals surface area contributed by atoms with Crippen molar-refractivity contribution in [3.8, 4) is 0 Å². The van der Waals surface area contributed by atoms with Crippen LogP contribution >= 0.6 is 0 Å². The Morgan fingerprint density at radius 1 is 1.43 bits per heavy atom. The minimum atomic E-state index is -0.245. The first-order valence-corrected chi connectivity index (χ1v) is 7.42. The molecule has 4 nitrogen and oxygen atoms in total. The molecule has 0 aliphatic carbocycles. The molecule has 0 spiro atoms. The van der Waals surface area contributed by atoms with Crippen LogP contribution in [0.2, 0.25) is 0 Å². The number of ether oxygens (including phenoxy) is 1. The number of carbonyl (C=O) groups is 1. The summed E-state index contributed by atoms with van der Waals surface area (Å²) in [7, 11) is 1.70. The number of methoxy groups -OCH3 is 1. The van der Waals surface area contributed by atoms with Crippen LogP contribution in [0.3, 0.4) is 0 Å². The van der Waals surface area contributed by atoms with Crippen molar-refractivity contribution in [3.05, 3.63) is 35.6 Å². The van der Waals surface area contributed by atoms with E-state index in [0.717, 1.165) is 38.2 Å². The van der Waals surface area contributed by atoms with Crippen LogP contribution in [-0.4, -0.2) is 50.2 Å². The number of nitrogens with zero attached hydrogens (tertiary/aromatic N) is 1. The van der Waals surface area contributed by atoms with Crippen molar-refractivity contribution >= 4 is 5.91 Å². The zero-order chi connectivity index (χ0) is 15.1. The molecule has 1 atom stereocenters. The fraction of sp³-hybridized carbons (Fsp3) is 0.562. The lowest BCUT2D eigenvalue weighted by atomic mass is 10.1. The largest absolute Gasteiger partial charge is 0.383 e.